The molecular formula is C14H21ClO. The number of benzene rings is 1. The molecule has 0 aromatic heterocycles. The van der Waals surface area contributed by atoms with E-state index >= 15 is 0 Å². The second kappa shape index (κ2) is 7.70. The van der Waals surface area contributed by atoms with Gasteiger partial charge < -0.3 is 4.74 Å². The minimum atomic E-state index is 0.485. The van der Waals surface area contributed by atoms with Crippen molar-refractivity contribution in [3.63, 3.8) is 0 Å². The summed E-state index contributed by atoms with van der Waals surface area (Å²) in [5, 5.41) is 0. The highest BCUT2D eigenvalue weighted by molar-refractivity contribution is 6.18. The molecule has 1 aromatic carbocycles. The van der Waals surface area contributed by atoms with Gasteiger partial charge in [-0.2, -0.15) is 0 Å². The summed E-state index contributed by atoms with van der Waals surface area (Å²) >= 11 is 6.04. The van der Waals surface area contributed by atoms with Crippen molar-refractivity contribution in [3.05, 3.63) is 35.4 Å². The summed E-state index contributed by atoms with van der Waals surface area (Å²) in [5.74, 6) is 1.19. The number of aryl methyl sites for hydroxylation is 1. The van der Waals surface area contributed by atoms with Crippen LogP contribution < -0.4 is 0 Å². The standard InChI is InChI=1S/C14H21ClO/c1-12-6-5-8-13(10-12)14(11-15)7-3-4-9-16-2/h5-6,8,10,14H,3-4,7,9,11H2,1-2H3. The van der Waals surface area contributed by atoms with Crippen LogP contribution in [0.15, 0.2) is 24.3 Å². The Bertz CT molecular complexity index is 299. The summed E-state index contributed by atoms with van der Waals surface area (Å²) in [4.78, 5) is 0. The summed E-state index contributed by atoms with van der Waals surface area (Å²) in [5.41, 5.74) is 2.68. The Kier molecular flexibility index (Phi) is 6.51. The average Bonchev–Trinajstić information content (AvgIpc) is 2.29. The number of alkyl halides is 1. The molecule has 0 radical (unpaired) electrons. The van der Waals surface area contributed by atoms with E-state index in [1.165, 1.54) is 17.5 Å². The third-order valence-electron chi connectivity index (χ3n) is 2.85. The van der Waals surface area contributed by atoms with Crippen LogP contribution in [0.1, 0.15) is 36.3 Å². The molecule has 0 amide bonds. The van der Waals surface area contributed by atoms with E-state index in [9.17, 15) is 0 Å². The van der Waals surface area contributed by atoms with Crippen LogP contribution in [0.5, 0.6) is 0 Å². The smallest absolute Gasteiger partial charge is 0.0462 e. The largest absolute Gasteiger partial charge is 0.385 e. The third-order valence-corrected chi connectivity index (χ3v) is 3.22. The lowest BCUT2D eigenvalue weighted by Crippen LogP contribution is -2.02. The first-order chi connectivity index (χ1) is 7.77. The first-order valence-corrected chi connectivity index (χ1v) is 6.43. The van der Waals surface area contributed by atoms with E-state index in [-0.39, 0.29) is 0 Å². The van der Waals surface area contributed by atoms with E-state index in [1.54, 1.807) is 7.11 Å². The molecule has 1 unspecified atom stereocenters. The highest BCUT2D eigenvalue weighted by atomic mass is 35.5. The molecule has 0 aliphatic rings. The molecule has 1 nitrogen and oxygen atoms in total. The first kappa shape index (κ1) is 13.5. The van der Waals surface area contributed by atoms with Crippen molar-refractivity contribution in [3.8, 4) is 0 Å². The Morgan fingerprint density at radius 3 is 2.75 bits per heavy atom. The molecule has 90 valence electrons. The number of hydrogen-bond acceptors (Lipinski definition) is 1. The van der Waals surface area contributed by atoms with Crippen molar-refractivity contribution < 1.29 is 4.74 Å². The Balaban J connectivity index is 2.47. The van der Waals surface area contributed by atoms with Gasteiger partial charge in [-0.25, -0.2) is 0 Å². The van der Waals surface area contributed by atoms with Crippen LogP contribution in [0.2, 0.25) is 0 Å². The Hall–Kier alpha value is -0.530. The normalized spacial score (nSPS) is 12.7. The van der Waals surface area contributed by atoms with Gasteiger partial charge in [-0.05, 0) is 31.2 Å². The molecule has 1 aromatic rings. The zero-order valence-electron chi connectivity index (χ0n) is 10.2. The van der Waals surface area contributed by atoms with E-state index in [1.807, 2.05) is 0 Å². The predicted octanol–water partition coefficient (Wildman–Crippen LogP) is 4.13. The number of halogens is 1. The van der Waals surface area contributed by atoms with Gasteiger partial charge in [0.05, 0.1) is 0 Å². The molecule has 1 rings (SSSR count). The van der Waals surface area contributed by atoms with Gasteiger partial charge in [0.2, 0.25) is 0 Å². The van der Waals surface area contributed by atoms with Crippen LogP contribution in [-0.4, -0.2) is 19.6 Å². The summed E-state index contributed by atoms with van der Waals surface area (Å²) in [6.07, 6.45) is 3.45. The molecule has 0 bridgehead atoms. The van der Waals surface area contributed by atoms with Gasteiger partial charge in [0.25, 0.3) is 0 Å². The van der Waals surface area contributed by atoms with Crippen LogP contribution in [0.4, 0.5) is 0 Å². The molecule has 0 N–H and O–H groups in total. The highest BCUT2D eigenvalue weighted by Crippen LogP contribution is 2.24. The van der Waals surface area contributed by atoms with Crippen molar-refractivity contribution in [1.29, 1.82) is 0 Å². The van der Waals surface area contributed by atoms with Crippen molar-refractivity contribution in [2.24, 2.45) is 0 Å². The third kappa shape index (κ3) is 4.54. The molecule has 2 heteroatoms. The van der Waals surface area contributed by atoms with Crippen LogP contribution >= 0.6 is 11.6 Å². The zero-order valence-corrected chi connectivity index (χ0v) is 11.0. The van der Waals surface area contributed by atoms with Crippen LogP contribution in [-0.2, 0) is 4.74 Å². The summed E-state index contributed by atoms with van der Waals surface area (Å²) in [6.45, 7) is 2.97. The summed E-state index contributed by atoms with van der Waals surface area (Å²) in [6, 6.07) is 8.65. The molecule has 0 heterocycles. The van der Waals surface area contributed by atoms with E-state index in [4.69, 9.17) is 16.3 Å². The van der Waals surface area contributed by atoms with Crippen LogP contribution in [0, 0.1) is 6.92 Å². The van der Waals surface area contributed by atoms with E-state index < -0.39 is 0 Å². The molecule has 0 saturated carbocycles. The van der Waals surface area contributed by atoms with Crippen LogP contribution in [0.25, 0.3) is 0 Å². The Morgan fingerprint density at radius 2 is 2.12 bits per heavy atom. The fourth-order valence-electron chi connectivity index (χ4n) is 1.89. The fourth-order valence-corrected chi connectivity index (χ4v) is 2.23. The van der Waals surface area contributed by atoms with Gasteiger partial charge in [0.15, 0.2) is 0 Å². The maximum atomic E-state index is 6.04. The monoisotopic (exact) mass is 240 g/mol. The molecule has 0 spiro atoms. The molecule has 0 aliphatic carbocycles. The van der Waals surface area contributed by atoms with Crippen molar-refractivity contribution >= 4 is 11.6 Å². The van der Waals surface area contributed by atoms with E-state index in [2.05, 4.69) is 31.2 Å². The Labute approximate surface area is 104 Å². The molecule has 1 atom stereocenters. The van der Waals surface area contributed by atoms with Crippen molar-refractivity contribution in [2.45, 2.75) is 32.1 Å². The lowest BCUT2D eigenvalue weighted by molar-refractivity contribution is 0.191. The van der Waals surface area contributed by atoms with E-state index in [0.29, 0.717) is 11.8 Å². The van der Waals surface area contributed by atoms with Crippen molar-refractivity contribution in [2.75, 3.05) is 19.6 Å². The topological polar surface area (TPSA) is 9.23 Å². The zero-order chi connectivity index (χ0) is 11.8. The quantitative estimate of drug-likeness (QED) is 0.514. The average molecular weight is 241 g/mol. The van der Waals surface area contributed by atoms with Gasteiger partial charge in [-0.1, -0.05) is 36.2 Å². The SMILES string of the molecule is COCCCCC(CCl)c1cccc(C)c1. The number of ether oxygens (including phenoxy) is 1. The Morgan fingerprint density at radius 1 is 1.31 bits per heavy atom. The predicted molar refractivity (Wildman–Crippen MR) is 70.4 cm³/mol. The number of methoxy groups -OCH3 is 1. The molecule has 0 fully saturated rings. The number of unbranched alkanes of at least 4 members (excludes halogenated alkanes) is 1. The van der Waals surface area contributed by atoms with Gasteiger partial charge in [0, 0.05) is 19.6 Å². The van der Waals surface area contributed by atoms with Gasteiger partial charge in [0.1, 0.15) is 0 Å². The summed E-state index contributed by atoms with van der Waals surface area (Å²) in [7, 11) is 1.75. The van der Waals surface area contributed by atoms with Crippen LogP contribution in [0.3, 0.4) is 0 Å². The van der Waals surface area contributed by atoms with Gasteiger partial charge in [-0.15, -0.1) is 11.6 Å². The molecule has 0 saturated heterocycles. The minimum absolute atomic E-state index is 0.485. The highest BCUT2D eigenvalue weighted by Gasteiger charge is 2.09. The maximum absolute atomic E-state index is 6.04. The minimum Gasteiger partial charge on any atom is -0.385 e. The lowest BCUT2D eigenvalue weighted by Gasteiger charge is -2.14. The molecular weight excluding hydrogens is 220 g/mol. The first-order valence-electron chi connectivity index (χ1n) is 5.89. The lowest BCUT2D eigenvalue weighted by atomic mass is 9.94. The molecule has 16 heavy (non-hydrogen) atoms. The fraction of sp³-hybridized carbons (Fsp3) is 0.571. The second-order valence-corrected chi connectivity index (χ2v) is 4.56. The summed E-state index contributed by atoms with van der Waals surface area (Å²) < 4.78 is 5.05. The maximum Gasteiger partial charge on any atom is 0.0462 e. The van der Waals surface area contributed by atoms with Gasteiger partial charge in [-0.3, -0.25) is 0 Å². The van der Waals surface area contributed by atoms with Crippen molar-refractivity contribution in [1.82, 2.24) is 0 Å². The molecule has 0 aliphatic heterocycles. The number of hydrogen-bond donors (Lipinski definition) is 0. The number of rotatable bonds is 7. The van der Waals surface area contributed by atoms with E-state index in [0.717, 1.165) is 19.4 Å². The second-order valence-electron chi connectivity index (χ2n) is 4.25. The van der Waals surface area contributed by atoms with Gasteiger partial charge >= 0.3 is 0 Å².